The maximum Gasteiger partial charge on any atom is 0.143 e. The summed E-state index contributed by atoms with van der Waals surface area (Å²) >= 11 is 9.27. The van der Waals surface area contributed by atoms with Gasteiger partial charge in [0.15, 0.2) is 0 Å². The third-order valence-corrected chi connectivity index (χ3v) is 5.68. The highest BCUT2D eigenvalue weighted by atomic mass is 79.9. The molecule has 6 heteroatoms. The van der Waals surface area contributed by atoms with Gasteiger partial charge in [0.25, 0.3) is 0 Å². The average Bonchev–Trinajstić information content (AvgIpc) is 2.52. The second kappa shape index (κ2) is 7.30. The van der Waals surface area contributed by atoms with Crippen LogP contribution in [0.4, 0.5) is 21.5 Å². The van der Waals surface area contributed by atoms with Crippen LogP contribution in [0.25, 0.3) is 0 Å². The summed E-state index contributed by atoms with van der Waals surface area (Å²) in [4.78, 5) is 0. The first kappa shape index (κ1) is 17.5. The fourth-order valence-corrected chi connectivity index (χ4v) is 3.22. The summed E-state index contributed by atoms with van der Waals surface area (Å²) in [5.74, 6) is -0.431. The molecule has 1 heterocycles. The molecule has 0 radical (unpaired) electrons. The number of halogens is 3. The Labute approximate surface area is 154 Å². The molecule has 0 aliphatic carbocycles. The van der Waals surface area contributed by atoms with E-state index in [1.165, 1.54) is 6.07 Å². The first-order valence-electron chi connectivity index (χ1n) is 7.72. The number of rotatable bonds is 6. The highest BCUT2D eigenvalue weighted by Crippen LogP contribution is 2.31. The number of anilines is 3. The first-order chi connectivity index (χ1) is 11.5. The van der Waals surface area contributed by atoms with Gasteiger partial charge in [-0.25, -0.2) is 4.39 Å². The van der Waals surface area contributed by atoms with E-state index in [1.807, 2.05) is 25.1 Å². The second-order valence-electron chi connectivity index (χ2n) is 6.26. The Morgan fingerprint density at radius 2 is 1.92 bits per heavy atom. The predicted molar refractivity (Wildman–Crippen MR) is 101 cm³/mol. The Bertz CT molecular complexity index is 731. The van der Waals surface area contributed by atoms with Gasteiger partial charge in [0.2, 0.25) is 0 Å². The van der Waals surface area contributed by atoms with Crippen LogP contribution in [-0.4, -0.2) is 25.1 Å². The minimum Gasteiger partial charge on any atom is -0.384 e. The Morgan fingerprint density at radius 1 is 1.21 bits per heavy atom. The number of aryl methyl sites for hydroxylation is 1. The van der Waals surface area contributed by atoms with Gasteiger partial charge in [-0.2, -0.15) is 0 Å². The van der Waals surface area contributed by atoms with Crippen molar-refractivity contribution in [2.24, 2.45) is 5.41 Å². The van der Waals surface area contributed by atoms with Gasteiger partial charge in [0.05, 0.1) is 18.2 Å². The van der Waals surface area contributed by atoms with Crippen LogP contribution < -0.4 is 10.6 Å². The van der Waals surface area contributed by atoms with E-state index < -0.39 is 5.82 Å². The number of nitrogens with one attached hydrogen (secondary N) is 2. The largest absolute Gasteiger partial charge is 0.384 e. The zero-order chi connectivity index (χ0) is 17.2. The summed E-state index contributed by atoms with van der Waals surface area (Å²) in [6.07, 6.45) is 0. The van der Waals surface area contributed by atoms with Crippen LogP contribution in [0.2, 0.25) is 5.02 Å². The van der Waals surface area contributed by atoms with Gasteiger partial charge in [-0.1, -0.05) is 27.5 Å². The average molecular weight is 414 g/mol. The fraction of sp³-hybridized carbons (Fsp3) is 0.333. The van der Waals surface area contributed by atoms with Gasteiger partial charge in [-0.05, 0) is 48.9 Å². The van der Waals surface area contributed by atoms with Crippen molar-refractivity contribution in [1.82, 2.24) is 0 Å². The molecule has 2 aromatic rings. The van der Waals surface area contributed by atoms with E-state index in [0.717, 1.165) is 42.0 Å². The minimum absolute atomic E-state index is 0.122. The van der Waals surface area contributed by atoms with E-state index in [9.17, 15) is 4.39 Å². The molecule has 3 rings (SSSR count). The van der Waals surface area contributed by atoms with E-state index in [-0.39, 0.29) is 10.4 Å². The normalized spacial score (nSPS) is 15.7. The molecule has 0 saturated carbocycles. The Hall–Kier alpha value is -1.30. The van der Waals surface area contributed by atoms with Gasteiger partial charge < -0.3 is 15.4 Å². The van der Waals surface area contributed by atoms with Crippen LogP contribution in [0.3, 0.4) is 0 Å². The molecular formula is C18H19BrClFN2O. The number of alkyl halides is 1. The molecule has 0 aromatic heterocycles. The van der Waals surface area contributed by atoms with Crippen molar-refractivity contribution in [3.8, 4) is 0 Å². The molecule has 3 nitrogen and oxygen atoms in total. The third-order valence-electron chi connectivity index (χ3n) is 4.19. The zero-order valence-corrected chi connectivity index (χ0v) is 15.7. The molecule has 0 unspecified atom stereocenters. The lowest BCUT2D eigenvalue weighted by atomic mass is 9.88. The quantitative estimate of drug-likeness (QED) is 0.626. The van der Waals surface area contributed by atoms with Gasteiger partial charge in [0, 0.05) is 34.4 Å². The highest BCUT2D eigenvalue weighted by Gasteiger charge is 2.37. The Kier molecular flexibility index (Phi) is 5.33. The van der Waals surface area contributed by atoms with Crippen molar-refractivity contribution in [3.63, 3.8) is 0 Å². The standard InChI is InChI=1S/C18H19BrClFN2O/c1-12-6-13(23-14-2-4-15(20)16(21)7-14)3-5-17(12)22-9-18(8-19)10-24-11-18/h2-7,22-23H,8-11H2,1H3. The van der Waals surface area contributed by atoms with Crippen molar-refractivity contribution in [2.75, 3.05) is 35.7 Å². The monoisotopic (exact) mass is 412 g/mol. The van der Waals surface area contributed by atoms with Crippen LogP contribution in [0.1, 0.15) is 5.56 Å². The van der Waals surface area contributed by atoms with E-state index in [2.05, 4.69) is 26.6 Å². The molecule has 1 fully saturated rings. The maximum atomic E-state index is 13.5. The van der Waals surface area contributed by atoms with Crippen molar-refractivity contribution < 1.29 is 9.13 Å². The third kappa shape index (κ3) is 3.85. The van der Waals surface area contributed by atoms with Crippen LogP contribution in [0, 0.1) is 18.2 Å². The number of benzene rings is 2. The van der Waals surface area contributed by atoms with Crippen LogP contribution in [0.5, 0.6) is 0 Å². The lowest BCUT2D eigenvalue weighted by molar-refractivity contribution is -0.0885. The lowest BCUT2D eigenvalue weighted by Gasteiger charge is -2.40. The van der Waals surface area contributed by atoms with Crippen molar-refractivity contribution in [3.05, 3.63) is 52.8 Å². The van der Waals surface area contributed by atoms with E-state index in [0.29, 0.717) is 5.69 Å². The highest BCUT2D eigenvalue weighted by molar-refractivity contribution is 9.09. The SMILES string of the molecule is Cc1cc(Nc2ccc(Cl)c(F)c2)ccc1NCC1(CBr)COC1. The molecule has 24 heavy (non-hydrogen) atoms. The van der Waals surface area contributed by atoms with Crippen LogP contribution in [0.15, 0.2) is 36.4 Å². The molecule has 0 amide bonds. The molecule has 1 aliphatic rings. The van der Waals surface area contributed by atoms with E-state index in [4.69, 9.17) is 16.3 Å². The summed E-state index contributed by atoms with van der Waals surface area (Å²) in [5.41, 5.74) is 3.97. The molecule has 0 atom stereocenters. The summed E-state index contributed by atoms with van der Waals surface area (Å²) in [5, 5.41) is 7.74. The first-order valence-corrected chi connectivity index (χ1v) is 9.22. The molecule has 1 aliphatic heterocycles. The maximum absolute atomic E-state index is 13.5. The van der Waals surface area contributed by atoms with Crippen molar-refractivity contribution in [2.45, 2.75) is 6.92 Å². The van der Waals surface area contributed by atoms with Crippen LogP contribution in [-0.2, 0) is 4.74 Å². The minimum atomic E-state index is -0.431. The molecule has 2 N–H and O–H groups in total. The zero-order valence-electron chi connectivity index (χ0n) is 13.3. The van der Waals surface area contributed by atoms with Gasteiger partial charge in [-0.15, -0.1) is 0 Å². The Balaban J connectivity index is 1.66. The van der Waals surface area contributed by atoms with Crippen LogP contribution >= 0.6 is 27.5 Å². The van der Waals surface area contributed by atoms with E-state index in [1.54, 1.807) is 12.1 Å². The second-order valence-corrected chi connectivity index (χ2v) is 7.23. The summed E-state index contributed by atoms with van der Waals surface area (Å²) in [7, 11) is 0. The topological polar surface area (TPSA) is 33.3 Å². The molecule has 0 bridgehead atoms. The fourth-order valence-electron chi connectivity index (χ4n) is 2.58. The van der Waals surface area contributed by atoms with Crippen molar-refractivity contribution >= 4 is 44.6 Å². The molecule has 2 aromatic carbocycles. The smallest absolute Gasteiger partial charge is 0.143 e. The van der Waals surface area contributed by atoms with Gasteiger partial charge in [0.1, 0.15) is 5.82 Å². The van der Waals surface area contributed by atoms with Crippen molar-refractivity contribution in [1.29, 1.82) is 0 Å². The molecule has 128 valence electrons. The molecular weight excluding hydrogens is 395 g/mol. The summed E-state index contributed by atoms with van der Waals surface area (Å²) < 4.78 is 18.8. The number of hydrogen-bond donors (Lipinski definition) is 2. The Morgan fingerprint density at radius 3 is 2.50 bits per heavy atom. The predicted octanol–water partition coefficient (Wildman–Crippen LogP) is 5.35. The van der Waals surface area contributed by atoms with Gasteiger partial charge in [-0.3, -0.25) is 0 Å². The summed E-state index contributed by atoms with van der Waals surface area (Å²) in [6, 6.07) is 10.7. The lowest BCUT2D eigenvalue weighted by Crippen LogP contribution is -2.49. The van der Waals surface area contributed by atoms with E-state index >= 15 is 0 Å². The summed E-state index contributed by atoms with van der Waals surface area (Å²) in [6.45, 7) is 4.49. The molecule has 0 spiro atoms. The van der Waals surface area contributed by atoms with Gasteiger partial charge >= 0.3 is 0 Å². The molecule has 1 saturated heterocycles. The number of hydrogen-bond acceptors (Lipinski definition) is 3. The number of ether oxygens (including phenoxy) is 1.